The fourth-order valence-corrected chi connectivity index (χ4v) is 4.17. The Morgan fingerprint density at radius 3 is 2.61 bits per heavy atom. The highest BCUT2D eigenvalue weighted by Crippen LogP contribution is 2.29. The normalized spacial score (nSPS) is 20.8. The van der Waals surface area contributed by atoms with Crippen LogP contribution in [0.15, 0.2) is 28.7 Å². The van der Waals surface area contributed by atoms with Gasteiger partial charge in [-0.1, -0.05) is 12.1 Å². The number of amides is 2. The lowest BCUT2D eigenvalue weighted by Crippen LogP contribution is -2.45. The molecule has 0 saturated carbocycles. The molecule has 2 aliphatic heterocycles. The van der Waals surface area contributed by atoms with Gasteiger partial charge in [0.1, 0.15) is 0 Å². The minimum atomic E-state index is -0.922. The van der Waals surface area contributed by atoms with E-state index in [1.54, 1.807) is 4.90 Å². The van der Waals surface area contributed by atoms with E-state index in [-0.39, 0.29) is 18.1 Å². The van der Waals surface area contributed by atoms with E-state index in [2.05, 4.69) is 15.9 Å². The van der Waals surface area contributed by atoms with Gasteiger partial charge in [-0.2, -0.15) is 0 Å². The molecule has 0 bridgehead atoms. The fourth-order valence-electron chi connectivity index (χ4n) is 3.68. The van der Waals surface area contributed by atoms with Crippen LogP contribution in [0, 0.1) is 5.92 Å². The Kier molecular flexibility index (Phi) is 7.70. The molecule has 154 valence electrons. The lowest BCUT2D eigenvalue weighted by Gasteiger charge is -2.33. The number of carbonyl (C=O) groups is 2. The molecule has 0 spiro atoms. The highest BCUT2D eigenvalue weighted by Gasteiger charge is 2.31. The summed E-state index contributed by atoms with van der Waals surface area (Å²) in [7, 11) is 0. The summed E-state index contributed by atoms with van der Waals surface area (Å²) in [6, 6.07) is 7.63. The Hall–Kier alpha value is -1.64. The quantitative estimate of drug-likeness (QED) is 0.708. The van der Waals surface area contributed by atoms with Gasteiger partial charge in [-0.15, -0.1) is 0 Å². The predicted molar refractivity (Wildman–Crippen MR) is 108 cm³/mol. The summed E-state index contributed by atoms with van der Waals surface area (Å²) in [5, 5.41) is 9.12. The third-order valence-electron chi connectivity index (χ3n) is 5.28. The second-order valence-corrected chi connectivity index (χ2v) is 8.01. The molecule has 28 heavy (non-hydrogen) atoms. The van der Waals surface area contributed by atoms with Crippen molar-refractivity contribution in [2.75, 3.05) is 37.7 Å². The van der Waals surface area contributed by atoms with E-state index in [4.69, 9.17) is 14.6 Å². The van der Waals surface area contributed by atoms with Crippen molar-refractivity contribution in [1.82, 2.24) is 4.90 Å². The maximum atomic E-state index is 13.3. The monoisotopic (exact) mass is 454 g/mol. The third-order valence-corrected chi connectivity index (χ3v) is 5.95. The van der Waals surface area contributed by atoms with Crippen LogP contribution in [0.3, 0.4) is 0 Å². The van der Waals surface area contributed by atoms with Gasteiger partial charge in [-0.05, 0) is 60.2 Å². The Morgan fingerprint density at radius 2 is 1.96 bits per heavy atom. The molecule has 2 heterocycles. The molecular formula is C20H27BrN2O5. The van der Waals surface area contributed by atoms with Gasteiger partial charge in [0.15, 0.2) is 6.29 Å². The molecule has 1 N–H and O–H groups in total. The molecule has 2 amide bonds. The van der Waals surface area contributed by atoms with Gasteiger partial charge in [-0.25, -0.2) is 4.79 Å². The Bertz CT molecular complexity index is 672. The van der Waals surface area contributed by atoms with Crippen LogP contribution in [-0.4, -0.2) is 61.1 Å². The van der Waals surface area contributed by atoms with E-state index < -0.39 is 6.09 Å². The van der Waals surface area contributed by atoms with Crippen molar-refractivity contribution in [2.24, 2.45) is 5.92 Å². The van der Waals surface area contributed by atoms with Crippen molar-refractivity contribution < 1.29 is 24.2 Å². The number of para-hydroxylation sites is 1. The zero-order valence-corrected chi connectivity index (χ0v) is 17.5. The SMILES string of the molecule is O=C(O)N1CCC(C(=O)N(CCOC2CCCCO2)c2ccccc2Br)CC1. The Labute approximate surface area is 173 Å². The first kappa shape index (κ1) is 21.1. The largest absolute Gasteiger partial charge is 0.465 e. The number of rotatable bonds is 6. The van der Waals surface area contributed by atoms with Crippen molar-refractivity contribution >= 4 is 33.6 Å². The van der Waals surface area contributed by atoms with Crippen LogP contribution in [0.2, 0.25) is 0 Å². The molecule has 2 saturated heterocycles. The summed E-state index contributed by atoms with van der Waals surface area (Å²) < 4.78 is 12.3. The van der Waals surface area contributed by atoms with Gasteiger partial charge in [0, 0.05) is 36.6 Å². The van der Waals surface area contributed by atoms with Gasteiger partial charge in [0.2, 0.25) is 5.91 Å². The second kappa shape index (κ2) is 10.2. The number of carbonyl (C=O) groups excluding carboxylic acids is 1. The van der Waals surface area contributed by atoms with Crippen molar-refractivity contribution in [3.63, 3.8) is 0 Å². The van der Waals surface area contributed by atoms with Gasteiger partial charge in [-0.3, -0.25) is 4.79 Å². The van der Waals surface area contributed by atoms with Gasteiger partial charge in [0.05, 0.1) is 12.3 Å². The van der Waals surface area contributed by atoms with Gasteiger partial charge < -0.3 is 24.4 Å². The number of carboxylic acid groups (broad SMARTS) is 1. The van der Waals surface area contributed by atoms with Crippen molar-refractivity contribution in [3.05, 3.63) is 28.7 Å². The number of piperidine rings is 1. The molecule has 1 aromatic carbocycles. The maximum absolute atomic E-state index is 13.3. The summed E-state index contributed by atoms with van der Waals surface area (Å²) in [5.74, 6) is -0.168. The van der Waals surface area contributed by atoms with E-state index >= 15 is 0 Å². The standard InChI is InChI=1S/C20H27BrN2O5/c21-16-5-1-2-6-17(16)23(12-14-28-18-7-3-4-13-27-18)19(24)15-8-10-22(11-9-15)20(25)26/h1-2,5-6,15,18H,3-4,7-14H2,(H,25,26). The van der Waals surface area contributed by atoms with E-state index in [9.17, 15) is 9.59 Å². The first-order chi connectivity index (χ1) is 13.6. The van der Waals surface area contributed by atoms with Crippen LogP contribution in [0.1, 0.15) is 32.1 Å². The lowest BCUT2D eigenvalue weighted by atomic mass is 9.95. The average Bonchev–Trinajstić information content (AvgIpc) is 2.72. The van der Waals surface area contributed by atoms with E-state index in [1.165, 1.54) is 4.90 Å². The summed E-state index contributed by atoms with van der Waals surface area (Å²) in [4.78, 5) is 27.5. The summed E-state index contributed by atoms with van der Waals surface area (Å²) in [6.45, 7) is 2.33. The maximum Gasteiger partial charge on any atom is 0.407 e. The van der Waals surface area contributed by atoms with Crippen molar-refractivity contribution in [3.8, 4) is 0 Å². The molecule has 2 fully saturated rings. The van der Waals surface area contributed by atoms with Crippen LogP contribution in [0.25, 0.3) is 0 Å². The predicted octanol–water partition coefficient (Wildman–Crippen LogP) is 3.72. The number of anilines is 1. The number of halogens is 1. The topological polar surface area (TPSA) is 79.3 Å². The van der Waals surface area contributed by atoms with Gasteiger partial charge >= 0.3 is 6.09 Å². The number of hydrogen-bond donors (Lipinski definition) is 1. The molecule has 0 aliphatic carbocycles. The zero-order valence-electron chi connectivity index (χ0n) is 15.9. The Balaban J connectivity index is 1.64. The number of hydrogen-bond acceptors (Lipinski definition) is 4. The Morgan fingerprint density at radius 1 is 1.21 bits per heavy atom. The zero-order chi connectivity index (χ0) is 19.9. The first-order valence-corrected chi connectivity index (χ1v) is 10.6. The number of benzene rings is 1. The van der Waals surface area contributed by atoms with Crippen molar-refractivity contribution in [2.45, 2.75) is 38.4 Å². The number of ether oxygens (including phenoxy) is 2. The van der Waals surface area contributed by atoms with Crippen LogP contribution >= 0.6 is 15.9 Å². The summed E-state index contributed by atoms with van der Waals surface area (Å²) in [5.41, 5.74) is 0.807. The first-order valence-electron chi connectivity index (χ1n) is 9.83. The number of likely N-dealkylation sites (tertiary alicyclic amines) is 1. The van der Waals surface area contributed by atoms with Crippen LogP contribution in [-0.2, 0) is 14.3 Å². The van der Waals surface area contributed by atoms with E-state index in [0.717, 1.165) is 36.0 Å². The third kappa shape index (κ3) is 5.46. The molecule has 2 aliphatic rings. The lowest BCUT2D eigenvalue weighted by molar-refractivity contribution is -0.161. The molecule has 0 aromatic heterocycles. The van der Waals surface area contributed by atoms with E-state index in [1.807, 2.05) is 24.3 Å². The number of nitrogens with zero attached hydrogens (tertiary/aromatic N) is 2. The molecule has 1 aromatic rings. The highest BCUT2D eigenvalue weighted by atomic mass is 79.9. The second-order valence-electron chi connectivity index (χ2n) is 7.15. The van der Waals surface area contributed by atoms with Crippen molar-refractivity contribution in [1.29, 1.82) is 0 Å². The van der Waals surface area contributed by atoms with Crippen LogP contribution < -0.4 is 4.90 Å². The summed E-state index contributed by atoms with van der Waals surface area (Å²) >= 11 is 3.54. The molecule has 1 atom stereocenters. The minimum absolute atomic E-state index is 0.0186. The molecule has 0 radical (unpaired) electrons. The molecule has 7 nitrogen and oxygen atoms in total. The van der Waals surface area contributed by atoms with Gasteiger partial charge in [0.25, 0.3) is 0 Å². The molecule has 1 unspecified atom stereocenters. The highest BCUT2D eigenvalue weighted by molar-refractivity contribution is 9.10. The molecule has 3 rings (SSSR count). The van der Waals surface area contributed by atoms with E-state index in [0.29, 0.717) is 39.1 Å². The average molecular weight is 455 g/mol. The smallest absolute Gasteiger partial charge is 0.407 e. The molecule has 8 heteroatoms. The fraction of sp³-hybridized carbons (Fsp3) is 0.600. The molecular weight excluding hydrogens is 428 g/mol. The van der Waals surface area contributed by atoms with Crippen LogP contribution in [0.5, 0.6) is 0 Å². The summed E-state index contributed by atoms with van der Waals surface area (Å²) in [6.07, 6.45) is 3.02. The minimum Gasteiger partial charge on any atom is -0.465 e. The van der Waals surface area contributed by atoms with Crippen LogP contribution in [0.4, 0.5) is 10.5 Å².